The zero-order valence-corrected chi connectivity index (χ0v) is 8.88. The average molecular weight is 186 g/mol. The minimum absolute atomic E-state index is 0.144. The molecule has 1 fully saturated rings. The summed E-state index contributed by atoms with van der Waals surface area (Å²) >= 11 is 0. The van der Waals surface area contributed by atoms with Crippen LogP contribution in [-0.2, 0) is 4.74 Å². The molecule has 0 amide bonds. The van der Waals surface area contributed by atoms with E-state index in [0.717, 1.165) is 39.3 Å². The Labute approximate surface area is 81.2 Å². The van der Waals surface area contributed by atoms with Crippen LogP contribution in [0.5, 0.6) is 0 Å². The van der Waals surface area contributed by atoms with Gasteiger partial charge in [-0.25, -0.2) is 0 Å². The fraction of sp³-hybridized carbons (Fsp3) is 1.00. The first-order valence-electron chi connectivity index (χ1n) is 5.32. The molecule has 1 saturated heterocycles. The zero-order chi connectivity index (χ0) is 9.73. The second kappa shape index (κ2) is 4.94. The van der Waals surface area contributed by atoms with Crippen LogP contribution in [0.15, 0.2) is 0 Å². The molecular formula is C10H22N2O. The summed E-state index contributed by atoms with van der Waals surface area (Å²) in [6.07, 6.45) is 2.28. The van der Waals surface area contributed by atoms with E-state index in [2.05, 4.69) is 18.7 Å². The molecular weight excluding hydrogens is 164 g/mol. The predicted octanol–water partition coefficient (Wildman–Crippen LogP) is 0.836. The van der Waals surface area contributed by atoms with Gasteiger partial charge in [0.25, 0.3) is 0 Å². The Kier molecular flexibility index (Phi) is 4.16. The third-order valence-corrected chi connectivity index (χ3v) is 3.01. The summed E-state index contributed by atoms with van der Waals surface area (Å²) in [5, 5.41) is 0. The first-order chi connectivity index (χ1) is 6.29. The quantitative estimate of drug-likeness (QED) is 0.691. The maximum absolute atomic E-state index is 5.85. The molecule has 3 heteroatoms. The van der Waals surface area contributed by atoms with E-state index in [-0.39, 0.29) is 5.54 Å². The van der Waals surface area contributed by atoms with Crippen molar-refractivity contribution in [3.05, 3.63) is 0 Å². The molecule has 0 spiro atoms. The Balaban J connectivity index is 2.60. The van der Waals surface area contributed by atoms with Gasteiger partial charge in [-0.2, -0.15) is 0 Å². The SMILES string of the molecule is CCCN(CC)C1(CN)CCOC1. The summed E-state index contributed by atoms with van der Waals surface area (Å²) in [7, 11) is 0. The molecule has 1 aliphatic heterocycles. The van der Waals surface area contributed by atoms with Crippen molar-refractivity contribution < 1.29 is 4.74 Å². The second-order valence-electron chi connectivity index (χ2n) is 3.81. The smallest absolute Gasteiger partial charge is 0.0663 e. The number of hydrogen-bond acceptors (Lipinski definition) is 3. The molecule has 0 aromatic heterocycles. The van der Waals surface area contributed by atoms with Crippen LogP contribution in [0.3, 0.4) is 0 Å². The van der Waals surface area contributed by atoms with Crippen LogP contribution in [0.2, 0.25) is 0 Å². The van der Waals surface area contributed by atoms with E-state index in [1.165, 1.54) is 6.42 Å². The molecule has 1 rings (SSSR count). The largest absolute Gasteiger partial charge is 0.379 e. The number of likely N-dealkylation sites (N-methyl/N-ethyl adjacent to an activating group) is 1. The van der Waals surface area contributed by atoms with Gasteiger partial charge in [-0.1, -0.05) is 13.8 Å². The van der Waals surface area contributed by atoms with E-state index in [1.54, 1.807) is 0 Å². The average Bonchev–Trinajstić information content (AvgIpc) is 2.63. The molecule has 1 unspecified atom stereocenters. The summed E-state index contributed by atoms with van der Waals surface area (Å²) in [6.45, 7) is 9.04. The Morgan fingerprint density at radius 3 is 2.62 bits per heavy atom. The first-order valence-corrected chi connectivity index (χ1v) is 5.32. The molecule has 0 radical (unpaired) electrons. The summed E-state index contributed by atoms with van der Waals surface area (Å²) in [5.41, 5.74) is 6.00. The Bertz CT molecular complexity index is 144. The normalized spacial score (nSPS) is 28.6. The third-order valence-electron chi connectivity index (χ3n) is 3.01. The molecule has 2 N–H and O–H groups in total. The van der Waals surface area contributed by atoms with Crippen LogP contribution in [0.4, 0.5) is 0 Å². The summed E-state index contributed by atoms with van der Waals surface area (Å²) < 4.78 is 5.46. The van der Waals surface area contributed by atoms with Crippen molar-refractivity contribution in [2.45, 2.75) is 32.2 Å². The Morgan fingerprint density at radius 1 is 1.46 bits per heavy atom. The number of rotatable bonds is 5. The zero-order valence-electron chi connectivity index (χ0n) is 8.88. The molecule has 0 aliphatic carbocycles. The number of nitrogens with zero attached hydrogens (tertiary/aromatic N) is 1. The predicted molar refractivity (Wildman–Crippen MR) is 54.8 cm³/mol. The molecule has 0 saturated carbocycles. The van der Waals surface area contributed by atoms with Gasteiger partial charge in [-0.05, 0) is 25.9 Å². The van der Waals surface area contributed by atoms with Crippen LogP contribution >= 0.6 is 0 Å². The Hall–Kier alpha value is -0.120. The van der Waals surface area contributed by atoms with Crippen LogP contribution < -0.4 is 5.73 Å². The van der Waals surface area contributed by atoms with Crippen molar-refractivity contribution in [3.63, 3.8) is 0 Å². The number of hydrogen-bond donors (Lipinski definition) is 1. The maximum Gasteiger partial charge on any atom is 0.0663 e. The lowest BCUT2D eigenvalue weighted by atomic mass is 9.96. The molecule has 0 bridgehead atoms. The monoisotopic (exact) mass is 186 g/mol. The van der Waals surface area contributed by atoms with Crippen LogP contribution in [0, 0.1) is 0 Å². The maximum atomic E-state index is 5.85. The highest BCUT2D eigenvalue weighted by Gasteiger charge is 2.38. The van der Waals surface area contributed by atoms with E-state index in [9.17, 15) is 0 Å². The molecule has 78 valence electrons. The number of ether oxygens (including phenoxy) is 1. The lowest BCUT2D eigenvalue weighted by molar-refractivity contribution is 0.0762. The highest BCUT2D eigenvalue weighted by molar-refractivity contribution is 4.94. The Morgan fingerprint density at radius 2 is 2.23 bits per heavy atom. The van der Waals surface area contributed by atoms with Crippen molar-refractivity contribution in [2.75, 3.05) is 32.8 Å². The summed E-state index contributed by atoms with van der Waals surface area (Å²) in [6, 6.07) is 0. The van der Waals surface area contributed by atoms with Gasteiger partial charge in [0.15, 0.2) is 0 Å². The second-order valence-corrected chi connectivity index (χ2v) is 3.81. The van der Waals surface area contributed by atoms with Crippen LogP contribution in [0.25, 0.3) is 0 Å². The molecule has 13 heavy (non-hydrogen) atoms. The summed E-state index contributed by atoms with van der Waals surface area (Å²) in [5.74, 6) is 0. The van der Waals surface area contributed by atoms with E-state index < -0.39 is 0 Å². The molecule has 1 atom stereocenters. The van der Waals surface area contributed by atoms with Crippen molar-refractivity contribution >= 4 is 0 Å². The van der Waals surface area contributed by atoms with Gasteiger partial charge in [0.2, 0.25) is 0 Å². The standard InChI is InChI=1S/C10H22N2O/c1-3-6-12(4-2)10(8-11)5-7-13-9-10/h3-9,11H2,1-2H3. The fourth-order valence-corrected chi connectivity index (χ4v) is 2.14. The minimum atomic E-state index is 0.144. The van der Waals surface area contributed by atoms with Crippen LogP contribution in [-0.4, -0.2) is 43.3 Å². The lowest BCUT2D eigenvalue weighted by Crippen LogP contribution is -2.54. The number of nitrogens with two attached hydrogens (primary N) is 1. The summed E-state index contributed by atoms with van der Waals surface area (Å²) in [4.78, 5) is 2.47. The van der Waals surface area contributed by atoms with Gasteiger partial charge in [0.05, 0.1) is 12.1 Å². The van der Waals surface area contributed by atoms with Crippen LogP contribution in [0.1, 0.15) is 26.7 Å². The van der Waals surface area contributed by atoms with Gasteiger partial charge in [0.1, 0.15) is 0 Å². The van der Waals surface area contributed by atoms with E-state index in [1.807, 2.05) is 0 Å². The van der Waals surface area contributed by atoms with Crippen molar-refractivity contribution in [1.82, 2.24) is 4.90 Å². The van der Waals surface area contributed by atoms with Gasteiger partial charge < -0.3 is 10.5 Å². The van der Waals surface area contributed by atoms with Gasteiger partial charge in [0, 0.05) is 13.2 Å². The van der Waals surface area contributed by atoms with E-state index in [0.29, 0.717) is 0 Å². The fourth-order valence-electron chi connectivity index (χ4n) is 2.14. The first kappa shape index (κ1) is 11.0. The molecule has 0 aromatic carbocycles. The minimum Gasteiger partial charge on any atom is -0.379 e. The third kappa shape index (κ3) is 2.22. The van der Waals surface area contributed by atoms with E-state index >= 15 is 0 Å². The van der Waals surface area contributed by atoms with E-state index in [4.69, 9.17) is 10.5 Å². The van der Waals surface area contributed by atoms with Gasteiger partial charge >= 0.3 is 0 Å². The lowest BCUT2D eigenvalue weighted by Gasteiger charge is -2.38. The van der Waals surface area contributed by atoms with Crippen molar-refractivity contribution in [1.29, 1.82) is 0 Å². The van der Waals surface area contributed by atoms with Gasteiger partial charge in [-0.3, -0.25) is 4.90 Å². The van der Waals surface area contributed by atoms with Crippen molar-refractivity contribution in [2.24, 2.45) is 5.73 Å². The topological polar surface area (TPSA) is 38.5 Å². The molecule has 0 aromatic rings. The van der Waals surface area contributed by atoms with Gasteiger partial charge in [-0.15, -0.1) is 0 Å². The molecule has 3 nitrogen and oxygen atoms in total. The molecule has 1 aliphatic rings. The van der Waals surface area contributed by atoms with Crippen molar-refractivity contribution in [3.8, 4) is 0 Å². The highest BCUT2D eigenvalue weighted by Crippen LogP contribution is 2.25. The highest BCUT2D eigenvalue weighted by atomic mass is 16.5. The molecule has 1 heterocycles.